The molecule has 0 amide bonds. The Morgan fingerprint density at radius 1 is 1.07 bits per heavy atom. The molecule has 15 heavy (non-hydrogen) atoms. The Morgan fingerprint density at radius 3 is 2.73 bits per heavy atom. The van der Waals surface area contributed by atoms with Gasteiger partial charge in [-0.15, -0.1) is 11.8 Å². The van der Waals surface area contributed by atoms with Gasteiger partial charge in [0.15, 0.2) is 5.78 Å². The molecule has 0 atom stereocenters. The summed E-state index contributed by atoms with van der Waals surface area (Å²) in [7, 11) is 0. The first-order chi connectivity index (χ1) is 7.29. The summed E-state index contributed by atoms with van der Waals surface area (Å²) in [6.45, 7) is 0.400. The Kier molecular flexibility index (Phi) is 6.87. The minimum atomic E-state index is -0.448. The van der Waals surface area contributed by atoms with Gasteiger partial charge >= 0.3 is 5.97 Å². The number of Topliss-reactive ketones (excluding diaryl/α,β-unsaturated/α-hetero) is 1. The van der Waals surface area contributed by atoms with Crippen molar-refractivity contribution in [2.45, 2.75) is 6.42 Å². The van der Waals surface area contributed by atoms with E-state index in [9.17, 15) is 9.59 Å². The third-order valence-electron chi connectivity index (χ3n) is 1.63. The van der Waals surface area contributed by atoms with Crippen LogP contribution in [0.15, 0.2) is 0 Å². The summed E-state index contributed by atoms with van der Waals surface area (Å²) in [6, 6.07) is 0. The quantitative estimate of drug-likeness (QED) is 0.471. The molecule has 0 spiro atoms. The van der Waals surface area contributed by atoms with Crippen molar-refractivity contribution < 1.29 is 19.1 Å². The number of esters is 1. The maximum atomic E-state index is 11.2. The van der Waals surface area contributed by atoms with Crippen LogP contribution in [0.5, 0.6) is 0 Å². The van der Waals surface area contributed by atoms with E-state index in [1.165, 1.54) is 0 Å². The van der Waals surface area contributed by atoms with E-state index < -0.39 is 5.97 Å². The highest BCUT2D eigenvalue weighted by Gasteiger charge is 2.11. The molecule has 1 heterocycles. The molecule has 4 nitrogen and oxygen atoms in total. The van der Waals surface area contributed by atoms with E-state index in [0.29, 0.717) is 12.5 Å². The first kappa shape index (κ1) is 12.9. The van der Waals surface area contributed by atoms with Crippen molar-refractivity contribution >= 4 is 35.3 Å². The number of rotatable bonds is 0. The molecule has 1 saturated heterocycles. The van der Waals surface area contributed by atoms with E-state index in [2.05, 4.69) is 0 Å². The van der Waals surface area contributed by atoms with E-state index in [1.54, 1.807) is 23.5 Å². The number of hydrogen-bond acceptors (Lipinski definition) is 6. The van der Waals surface area contributed by atoms with Gasteiger partial charge in [-0.2, -0.15) is 11.8 Å². The second-order valence-corrected chi connectivity index (χ2v) is 5.20. The van der Waals surface area contributed by atoms with Crippen LogP contribution in [0.25, 0.3) is 0 Å². The maximum absolute atomic E-state index is 11.2. The van der Waals surface area contributed by atoms with Gasteiger partial charge in [-0.3, -0.25) is 9.59 Å². The van der Waals surface area contributed by atoms with Crippen LogP contribution in [0.1, 0.15) is 6.42 Å². The number of ether oxygens (including phenoxy) is 2. The highest BCUT2D eigenvalue weighted by molar-refractivity contribution is 8.02. The lowest BCUT2D eigenvalue weighted by Gasteiger charge is -2.02. The molecule has 0 aromatic rings. The molecule has 6 heteroatoms. The zero-order valence-electron chi connectivity index (χ0n) is 8.40. The van der Waals surface area contributed by atoms with Gasteiger partial charge in [-0.1, -0.05) is 0 Å². The fourth-order valence-corrected chi connectivity index (χ4v) is 2.64. The molecule has 0 aliphatic carbocycles. The van der Waals surface area contributed by atoms with E-state index >= 15 is 0 Å². The zero-order valence-corrected chi connectivity index (χ0v) is 10.0. The first-order valence-corrected chi connectivity index (χ1v) is 7.00. The predicted octanol–water partition coefficient (Wildman–Crippen LogP) is 0.943. The van der Waals surface area contributed by atoms with Gasteiger partial charge in [0.1, 0.15) is 19.6 Å². The lowest BCUT2D eigenvalue weighted by molar-refractivity contribution is -0.146. The molecule has 0 bridgehead atoms. The second-order valence-electron chi connectivity index (χ2n) is 2.92. The molecule has 0 aromatic carbocycles. The smallest absolute Gasteiger partial charge is 0.313 e. The van der Waals surface area contributed by atoms with Gasteiger partial charge in [0.25, 0.3) is 0 Å². The molecular weight excluding hydrogens is 236 g/mol. The van der Waals surface area contributed by atoms with Crippen LogP contribution in [-0.2, 0) is 19.1 Å². The van der Waals surface area contributed by atoms with Crippen LogP contribution in [0.2, 0.25) is 0 Å². The summed E-state index contributed by atoms with van der Waals surface area (Å²) in [4.78, 5) is 22.2. The molecule has 0 radical (unpaired) electrons. The molecule has 0 unspecified atom stereocenters. The summed E-state index contributed by atoms with van der Waals surface area (Å²) in [5.74, 6) is 2.65. The van der Waals surface area contributed by atoms with Gasteiger partial charge in [0, 0.05) is 17.3 Å². The average Bonchev–Trinajstić information content (AvgIpc) is 2.21. The predicted molar refractivity (Wildman–Crippen MR) is 61.2 cm³/mol. The molecule has 1 fully saturated rings. The third kappa shape index (κ3) is 6.81. The normalized spacial score (nSPS) is 22.1. The van der Waals surface area contributed by atoms with E-state index in [-0.39, 0.29) is 18.8 Å². The topological polar surface area (TPSA) is 52.6 Å². The van der Waals surface area contributed by atoms with Crippen LogP contribution in [-0.4, -0.2) is 48.2 Å². The van der Waals surface area contributed by atoms with Crippen molar-refractivity contribution in [2.24, 2.45) is 0 Å². The van der Waals surface area contributed by atoms with Crippen molar-refractivity contribution in [3.05, 3.63) is 0 Å². The molecular formula is C9H14O4S2. The number of cyclic esters (lactones) is 1. The maximum Gasteiger partial charge on any atom is 0.313 e. The number of ketones is 1. The van der Waals surface area contributed by atoms with Crippen molar-refractivity contribution in [3.63, 3.8) is 0 Å². The zero-order chi connectivity index (χ0) is 10.9. The van der Waals surface area contributed by atoms with Crippen LogP contribution < -0.4 is 0 Å². The fourth-order valence-electron chi connectivity index (χ4n) is 0.971. The Hall–Kier alpha value is -0.200. The number of carbonyl (C=O) groups excluding carboxylic acids is 2. The Balaban J connectivity index is 2.29. The summed E-state index contributed by atoms with van der Waals surface area (Å²) in [5, 5.41) is 0. The highest BCUT2D eigenvalue weighted by Crippen LogP contribution is 2.08. The van der Waals surface area contributed by atoms with Crippen molar-refractivity contribution in [1.82, 2.24) is 0 Å². The minimum Gasteiger partial charge on any atom is -0.464 e. The van der Waals surface area contributed by atoms with Crippen LogP contribution in [0.4, 0.5) is 0 Å². The molecule has 86 valence electrons. The molecule has 0 saturated carbocycles. The fraction of sp³-hybridized carbons (Fsp3) is 0.778. The summed E-state index contributed by atoms with van der Waals surface area (Å²) in [5.41, 5.74) is 0. The molecule has 1 aliphatic rings. The van der Waals surface area contributed by atoms with Gasteiger partial charge in [-0.05, 0) is 0 Å². The monoisotopic (exact) mass is 250 g/mol. The summed E-state index contributed by atoms with van der Waals surface area (Å²) >= 11 is 3.40. The van der Waals surface area contributed by atoms with E-state index in [0.717, 1.165) is 17.3 Å². The van der Waals surface area contributed by atoms with E-state index in [1.807, 2.05) is 0 Å². The largest absolute Gasteiger partial charge is 0.464 e. The van der Waals surface area contributed by atoms with Gasteiger partial charge in [-0.25, -0.2) is 0 Å². The van der Waals surface area contributed by atoms with Gasteiger partial charge in [0.2, 0.25) is 0 Å². The minimum absolute atomic E-state index is 0.00917. The van der Waals surface area contributed by atoms with E-state index in [4.69, 9.17) is 9.47 Å². The standard InChI is InChI=1S/C9H14O4S2/c10-8-5-9(11)13-1-2-14-3-4-15-7-12-6-8/h1-7H2. The third-order valence-corrected chi connectivity index (χ3v) is 3.67. The lowest BCUT2D eigenvalue weighted by atomic mass is 10.3. The molecule has 1 rings (SSSR count). The van der Waals surface area contributed by atoms with Gasteiger partial charge in [0.05, 0.1) is 5.94 Å². The van der Waals surface area contributed by atoms with Crippen LogP contribution in [0.3, 0.4) is 0 Å². The molecule has 0 aromatic heterocycles. The number of thioether (sulfide) groups is 2. The molecule has 1 aliphatic heterocycles. The second kappa shape index (κ2) is 8.01. The van der Waals surface area contributed by atoms with Crippen molar-refractivity contribution in [3.8, 4) is 0 Å². The molecule has 0 N–H and O–H groups in total. The van der Waals surface area contributed by atoms with Crippen molar-refractivity contribution in [1.29, 1.82) is 0 Å². The average molecular weight is 250 g/mol. The SMILES string of the molecule is O=C1COCSCCSCCOC(=O)C1. The summed E-state index contributed by atoms with van der Waals surface area (Å²) < 4.78 is 9.99. The highest BCUT2D eigenvalue weighted by atomic mass is 32.2. The first-order valence-electron chi connectivity index (χ1n) is 4.69. The Labute approximate surface area is 97.4 Å². The van der Waals surface area contributed by atoms with Crippen molar-refractivity contribution in [2.75, 3.05) is 36.4 Å². The Bertz CT molecular complexity index is 198. The summed E-state index contributed by atoms with van der Waals surface area (Å²) in [6.07, 6.45) is -0.171. The van der Waals surface area contributed by atoms with Crippen LogP contribution >= 0.6 is 23.5 Å². The Morgan fingerprint density at radius 2 is 1.87 bits per heavy atom. The van der Waals surface area contributed by atoms with Gasteiger partial charge < -0.3 is 9.47 Å². The number of carbonyl (C=O) groups is 2. The lowest BCUT2D eigenvalue weighted by Crippen LogP contribution is -2.16. The van der Waals surface area contributed by atoms with Crippen LogP contribution in [0, 0.1) is 0 Å². The number of hydrogen-bond donors (Lipinski definition) is 0.